The molecule has 0 saturated heterocycles. The summed E-state index contributed by atoms with van der Waals surface area (Å²) in [6.07, 6.45) is 1.90. The van der Waals surface area contributed by atoms with E-state index < -0.39 is 0 Å². The van der Waals surface area contributed by atoms with Crippen molar-refractivity contribution in [2.45, 2.75) is 19.8 Å². The lowest BCUT2D eigenvalue weighted by atomic mass is 10.2. The Kier molecular flexibility index (Phi) is 3.94. The summed E-state index contributed by atoms with van der Waals surface area (Å²) in [7, 11) is 1.53. The first-order chi connectivity index (χ1) is 9.17. The van der Waals surface area contributed by atoms with E-state index in [0.717, 1.165) is 18.2 Å². The van der Waals surface area contributed by atoms with Crippen LogP contribution in [-0.4, -0.2) is 18.7 Å². The van der Waals surface area contributed by atoms with Crippen LogP contribution in [0.15, 0.2) is 23.0 Å². The van der Waals surface area contributed by atoms with Crippen LogP contribution >= 0.6 is 0 Å². The van der Waals surface area contributed by atoms with Crippen LogP contribution in [0.4, 0.5) is 5.69 Å². The molecule has 1 heterocycles. The molecule has 2 rings (SSSR count). The summed E-state index contributed by atoms with van der Waals surface area (Å²) in [5, 5.41) is 0.780. The van der Waals surface area contributed by atoms with Gasteiger partial charge in [-0.3, -0.25) is 4.79 Å². The van der Waals surface area contributed by atoms with Crippen molar-refractivity contribution < 1.29 is 9.47 Å². The molecule has 102 valence electrons. The molecule has 19 heavy (non-hydrogen) atoms. The molecule has 0 saturated carbocycles. The number of nitrogen functional groups attached to an aromatic ring is 1. The van der Waals surface area contributed by atoms with Gasteiger partial charge in [-0.05, 0) is 24.6 Å². The number of rotatable bonds is 5. The molecule has 0 spiro atoms. The van der Waals surface area contributed by atoms with Crippen molar-refractivity contribution in [2.24, 2.45) is 0 Å². The van der Waals surface area contributed by atoms with E-state index in [4.69, 9.17) is 15.2 Å². The van der Waals surface area contributed by atoms with Crippen LogP contribution in [0.5, 0.6) is 11.5 Å². The lowest BCUT2D eigenvalue weighted by Crippen LogP contribution is -2.14. The molecule has 0 aliphatic heterocycles. The van der Waals surface area contributed by atoms with Gasteiger partial charge in [-0.1, -0.05) is 13.3 Å². The Bertz CT molecular complexity index is 634. The molecule has 0 aliphatic carbocycles. The number of unbranched alkanes of at least 4 members (excludes halogenated alkanes) is 1. The van der Waals surface area contributed by atoms with Crippen molar-refractivity contribution in [3.05, 3.63) is 28.6 Å². The summed E-state index contributed by atoms with van der Waals surface area (Å²) in [6, 6.07) is 5.28. The zero-order valence-electron chi connectivity index (χ0n) is 11.2. The number of hydrogen-bond acceptors (Lipinski definition) is 4. The summed E-state index contributed by atoms with van der Waals surface area (Å²) in [4.78, 5) is 14.8. The first kappa shape index (κ1) is 13.3. The minimum atomic E-state index is -0.300. The second-order valence-corrected chi connectivity index (χ2v) is 4.32. The first-order valence-electron chi connectivity index (χ1n) is 6.29. The molecule has 5 nitrogen and oxygen atoms in total. The Labute approximate surface area is 111 Å². The maximum Gasteiger partial charge on any atom is 0.294 e. The summed E-state index contributed by atoms with van der Waals surface area (Å²) >= 11 is 0. The fourth-order valence-corrected chi connectivity index (χ4v) is 1.92. The molecule has 0 bridgehead atoms. The number of aromatic amines is 1. The summed E-state index contributed by atoms with van der Waals surface area (Å²) in [6.45, 7) is 2.56. The molecular formula is C14H18N2O3. The molecule has 0 unspecified atom stereocenters. The van der Waals surface area contributed by atoms with Crippen molar-refractivity contribution >= 4 is 16.6 Å². The third-order valence-corrected chi connectivity index (χ3v) is 2.90. The molecule has 0 atom stereocenters. The highest BCUT2D eigenvalue weighted by molar-refractivity contribution is 5.89. The Hall–Kier alpha value is -2.17. The number of nitrogens with one attached hydrogen (secondary N) is 1. The maximum atomic E-state index is 12.0. The van der Waals surface area contributed by atoms with Gasteiger partial charge in [0.15, 0.2) is 5.75 Å². The molecule has 1 aromatic heterocycles. The van der Waals surface area contributed by atoms with Gasteiger partial charge in [0.05, 0.1) is 19.2 Å². The van der Waals surface area contributed by atoms with Crippen molar-refractivity contribution in [1.82, 2.24) is 4.98 Å². The van der Waals surface area contributed by atoms with Gasteiger partial charge < -0.3 is 20.2 Å². The second-order valence-electron chi connectivity index (χ2n) is 4.32. The number of hydrogen-bond donors (Lipinski definition) is 2. The molecule has 5 heteroatoms. The highest BCUT2D eigenvalue weighted by Crippen LogP contribution is 2.32. The van der Waals surface area contributed by atoms with Gasteiger partial charge in [0.25, 0.3) is 5.56 Å². The molecule has 0 fully saturated rings. The monoisotopic (exact) mass is 262 g/mol. The smallest absolute Gasteiger partial charge is 0.294 e. The van der Waals surface area contributed by atoms with Gasteiger partial charge in [-0.2, -0.15) is 0 Å². The van der Waals surface area contributed by atoms with Crippen LogP contribution in [0, 0.1) is 0 Å². The van der Waals surface area contributed by atoms with E-state index in [0.29, 0.717) is 23.6 Å². The number of benzene rings is 1. The number of aromatic nitrogens is 1. The third-order valence-electron chi connectivity index (χ3n) is 2.90. The van der Waals surface area contributed by atoms with E-state index in [1.54, 1.807) is 12.1 Å². The lowest BCUT2D eigenvalue weighted by molar-refractivity contribution is 0.286. The average molecular weight is 262 g/mol. The predicted molar refractivity (Wildman–Crippen MR) is 75.9 cm³/mol. The zero-order valence-corrected chi connectivity index (χ0v) is 11.2. The normalized spacial score (nSPS) is 10.6. The van der Waals surface area contributed by atoms with Crippen LogP contribution in [0.3, 0.4) is 0 Å². The van der Waals surface area contributed by atoms with Crippen LogP contribution in [0.2, 0.25) is 0 Å². The van der Waals surface area contributed by atoms with E-state index >= 15 is 0 Å². The van der Waals surface area contributed by atoms with E-state index in [2.05, 4.69) is 11.9 Å². The molecule has 1 aromatic carbocycles. The van der Waals surface area contributed by atoms with Gasteiger partial charge in [-0.15, -0.1) is 0 Å². The Morgan fingerprint density at radius 2 is 2.11 bits per heavy atom. The largest absolute Gasteiger partial charge is 0.492 e. The van der Waals surface area contributed by atoms with Gasteiger partial charge in [-0.25, -0.2) is 0 Å². The standard InChI is InChI=1S/C14H18N2O3/c1-3-4-7-19-13-12(18-2)10-6-5-9(15)8-11(10)16-14(13)17/h5-6,8H,3-4,7,15H2,1-2H3,(H,16,17). The zero-order chi connectivity index (χ0) is 13.8. The van der Waals surface area contributed by atoms with Gasteiger partial charge in [0.2, 0.25) is 5.75 Å². The van der Waals surface area contributed by atoms with E-state index in [1.165, 1.54) is 7.11 Å². The van der Waals surface area contributed by atoms with Crippen molar-refractivity contribution in [3.8, 4) is 11.5 Å². The number of anilines is 1. The first-order valence-corrected chi connectivity index (χ1v) is 6.29. The van der Waals surface area contributed by atoms with Crippen LogP contribution in [-0.2, 0) is 0 Å². The molecule has 2 aromatic rings. The number of H-pyrrole nitrogens is 1. The van der Waals surface area contributed by atoms with Gasteiger partial charge >= 0.3 is 0 Å². The van der Waals surface area contributed by atoms with Crippen molar-refractivity contribution in [1.29, 1.82) is 0 Å². The predicted octanol–water partition coefficient (Wildman–Crippen LogP) is 2.30. The minimum absolute atomic E-state index is 0.230. The Balaban J connectivity index is 2.54. The van der Waals surface area contributed by atoms with Crippen molar-refractivity contribution in [2.75, 3.05) is 19.5 Å². The molecular weight excluding hydrogens is 244 g/mol. The quantitative estimate of drug-likeness (QED) is 0.640. The van der Waals surface area contributed by atoms with Crippen LogP contribution in [0.25, 0.3) is 10.9 Å². The number of nitrogens with two attached hydrogens (primary N) is 1. The number of ether oxygens (including phenoxy) is 2. The highest BCUT2D eigenvalue weighted by atomic mass is 16.5. The minimum Gasteiger partial charge on any atom is -0.492 e. The van der Waals surface area contributed by atoms with E-state index in [9.17, 15) is 4.79 Å². The maximum absolute atomic E-state index is 12.0. The summed E-state index contributed by atoms with van der Waals surface area (Å²) < 4.78 is 10.9. The fraction of sp³-hybridized carbons (Fsp3) is 0.357. The van der Waals surface area contributed by atoms with E-state index in [1.807, 2.05) is 6.07 Å². The summed E-state index contributed by atoms with van der Waals surface area (Å²) in [5.74, 6) is 0.683. The molecule has 0 amide bonds. The number of fused-ring (bicyclic) bond motifs is 1. The molecule has 3 N–H and O–H groups in total. The van der Waals surface area contributed by atoms with E-state index in [-0.39, 0.29) is 11.3 Å². The summed E-state index contributed by atoms with van der Waals surface area (Å²) in [5.41, 5.74) is 6.64. The fourth-order valence-electron chi connectivity index (χ4n) is 1.92. The number of methoxy groups -OCH3 is 1. The van der Waals surface area contributed by atoms with Gasteiger partial charge in [0, 0.05) is 11.1 Å². The van der Waals surface area contributed by atoms with Crippen LogP contribution in [0.1, 0.15) is 19.8 Å². The SMILES string of the molecule is CCCCOc1c(OC)c2ccc(N)cc2[nH]c1=O. The Morgan fingerprint density at radius 1 is 1.32 bits per heavy atom. The third kappa shape index (κ3) is 2.65. The molecule has 0 aliphatic rings. The highest BCUT2D eigenvalue weighted by Gasteiger charge is 2.14. The molecule has 0 radical (unpaired) electrons. The second kappa shape index (κ2) is 5.65. The lowest BCUT2D eigenvalue weighted by Gasteiger charge is -2.12. The van der Waals surface area contributed by atoms with Crippen molar-refractivity contribution in [3.63, 3.8) is 0 Å². The van der Waals surface area contributed by atoms with Gasteiger partial charge in [0.1, 0.15) is 0 Å². The van der Waals surface area contributed by atoms with Crippen LogP contribution < -0.4 is 20.8 Å². The number of pyridine rings is 1. The topological polar surface area (TPSA) is 77.3 Å². The average Bonchev–Trinajstić information content (AvgIpc) is 2.39. The Morgan fingerprint density at radius 3 is 2.79 bits per heavy atom.